The third kappa shape index (κ3) is 2.57. The Hall–Kier alpha value is -0.840. The molecule has 0 saturated carbocycles. The van der Waals surface area contributed by atoms with Gasteiger partial charge >= 0.3 is 0 Å². The molecule has 1 aliphatic rings. The van der Waals surface area contributed by atoms with Crippen molar-refractivity contribution in [3.63, 3.8) is 0 Å². The first kappa shape index (κ1) is 13.2. The molecule has 0 fully saturated rings. The number of nitrogens with two attached hydrogens (primary N) is 1. The molecule has 0 bridgehead atoms. The summed E-state index contributed by atoms with van der Waals surface area (Å²) in [6, 6.07) is 8.71. The number of benzene rings is 1. The van der Waals surface area contributed by atoms with Crippen LogP contribution in [-0.4, -0.2) is 10.2 Å². The molecule has 0 radical (unpaired) electrons. The van der Waals surface area contributed by atoms with Gasteiger partial charge in [-0.1, -0.05) is 43.0 Å². The maximum atomic E-state index is 6.46. The molecule has 1 aromatic heterocycles. The fraction of sp³-hybridized carbons (Fsp3) is 0.400. The van der Waals surface area contributed by atoms with E-state index in [9.17, 15) is 0 Å². The van der Waals surface area contributed by atoms with Crippen LogP contribution in [0.1, 0.15) is 42.1 Å². The predicted octanol–water partition coefficient (Wildman–Crippen LogP) is 4.12. The second-order valence-corrected chi connectivity index (χ2v) is 7.55. The topological polar surface area (TPSA) is 38.9 Å². The molecule has 1 heterocycles. The maximum Gasteiger partial charge on any atom is 0.150 e. The van der Waals surface area contributed by atoms with E-state index in [-0.39, 0.29) is 6.04 Å². The quantitative estimate of drug-likeness (QED) is 0.904. The highest BCUT2D eigenvalue weighted by Gasteiger charge is 2.31. The Morgan fingerprint density at radius 2 is 2.05 bits per heavy atom. The van der Waals surface area contributed by atoms with Crippen molar-refractivity contribution in [2.75, 3.05) is 0 Å². The van der Waals surface area contributed by atoms with E-state index in [1.54, 1.807) is 11.3 Å². The summed E-state index contributed by atoms with van der Waals surface area (Å²) >= 11 is 3.57. The molecule has 3 atom stereocenters. The van der Waals surface area contributed by atoms with Gasteiger partial charge in [-0.05, 0) is 30.4 Å². The average molecular weight is 290 g/mol. The molecule has 100 valence electrons. The summed E-state index contributed by atoms with van der Waals surface area (Å²) in [6.07, 6.45) is 1.13. The first-order chi connectivity index (χ1) is 9.15. The van der Waals surface area contributed by atoms with Gasteiger partial charge in [0.15, 0.2) is 0 Å². The van der Waals surface area contributed by atoms with Crippen LogP contribution in [0.2, 0.25) is 0 Å². The summed E-state index contributed by atoms with van der Waals surface area (Å²) in [5.74, 6) is 0.578. The van der Waals surface area contributed by atoms with Crippen molar-refractivity contribution >= 4 is 23.1 Å². The van der Waals surface area contributed by atoms with Gasteiger partial charge in [0.25, 0.3) is 0 Å². The standard InChI is InChI=1S/C15H18N2S2/c1-9-7-13(19-15-17-10(2)8-18-15)14(16)12-6-4-3-5-11(9)12/h3-6,8-9,13-14H,7,16H2,1-2H3. The highest BCUT2D eigenvalue weighted by Crippen LogP contribution is 2.44. The third-order valence-corrected chi connectivity index (χ3v) is 6.13. The summed E-state index contributed by atoms with van der Waals surface area (Å²) < 4.78 is 1.14. The first-order valence-electron chi connectivity index (χ1n) is 6.58. The van der Waals surface area contributed by atoms with Crippen LogP contribution in [0.3, 0.4) is 0 Å². The summed E-state index contributed by atoms with van der Waals surface area (Å²) in [4.78, 5) is 4.55. The molecular formula is C15H18N2S2. The fourth-order valence-corrected chi connectivity index (χ4v) is 5.11. The number of rotatable bonds is 2. The number of aromatic nitrogens is 1. The third-order valence-electron chi connectivity index (χ3n) is 3.72. The Labute approximate surface area is 122 Å². The number of thioether (sulfide) groups is 1. The Morgan fingerprint density at radius 3 is 2.74 bits per heavy atom. The Kier molecular flexibility index (Phi) is 3.65. The molecule has 0 amide bonds. The van der Waals surface area contributed by atoms with Crippen molar-refractivity contribution in [3.05, 3.63) is 46.5 Å². The van der Waals surface area contributed by atoms with Gasteiger partial charge in [-0.15, -0.1) is 11.3 Å². The minimum atomic E-state index is 0.113. The number of aryl methyl sites for hydroxylation is 1. The predicted molar refractivity (Wildman–Crippen MR) is 82.9 cm³/mol. The van der Waals surface area contributed by atoms with E-state index in [1.807, 2.05) is 18.7 Å². The lowest BCUT2D eigenvalue weighted by Crippen LogP contribution is -2.30. The largest absolute Gasteiger partial charge is 0.323 e. The Balaban J connectivity index is 1.85. The number of hydrogen-bond acceptors (Lipinski definition) is 4. The maximum absolute atomic E-state index is 6.46. The zero-order valence-corrected chi connectivity index (χ0v) is 12.8. The summed E-state index contributed by atoms with van der Waals surface area (Å²) in [5.41, 5.74) is 10.3. The molecule has 2 aromatic rings. The van der Waals surface area contributed by atoms with Gasteiger partial charge in [-0.3, -0.25) is 0 Å². The molecule has 0 aliphatic heterocycles. The van der Waals surface area contributed by atoms with E-state index >= 15 is 0 Å². The molecule has 19 heavy (non-hydrogen) atoms. The van der Waals surface area contributed by atoms with Crippen molar-refractivity contribution in [3.8, 4) is 0 Å². The van der Waals surface area contributed by atoms with E-state index in [1.165, 1.54) is 11.1 Å². The van der Waals surface area contributed by atoms with Crippen LogP contribution in [0.4, 0.5) is 0 Å². The van der Waals surface area contributed by atoms with E-state index < -0.39 is 0 Å². The van der Waals surface area contributed by atoms with Crippen molar-refractivity contribution < 1.29 is 0 Å². The van der Waals surface area contributed by atoms with Gasteiger partial charge in [0.2, 0.25) is 0 Å². The van der Waals surface area contributed by atoms with Gasteiger partial charge in [0, 0.05) is 22.4 Å². The van der Waals surface area contributed by atoms with E-state index in [0.29, 0.717) is 11.2 Å². The van der Waals surface area contributed by atoms with Crippen molar-refractivity contribution in [1.29, 1.82) is 0 Å². The van der Waals surface area contributed by atoms with Gasteiger partial charge < -0.3 is 5.73 Å². The van der Waals surface area contributed by atoms with E-state index in [4.69, 9.17) is 5.73 Å². The molecule has 3 rings (SSSR count). The molecule has 1 aromatic carbocycles. The van der Waals surface area contributed by atoms with Crippen LogP contribution >= 0.6 is 23.1 Å². The van der Waals surface area contributed by atoms with E-state index in [0.717, 1.165) is 16.5 Å². The normalized spacial score (nSPS) is 26.2. The molecule has 2 nitrogen and oxygen atoms in total. The lowest BCUT2D eigenvalue weighted by molar-refractivity contribution is 0.527. The number of hydrogen-bond donors (Lipinski definition) is 1. The molecular weight excluding hydrogens is 272 g/mol. The Morgan fingerprint density at radius 1 is 1.32 bits per heavy atom. The second-order valence-electron chi connectivity index (χ2n) is 5.20. The molecule has 2 N–H and O–H groups in total. The first-order valence-corrected chi connectivity index (χ1v) is 8.34. The monoisotopic (exact) mass is 290 g/mol. The SMILES string of the molecule is Cc1csc(SC2CC(C)c3ccccc3C2N)n1. The number of thiazole rings is 1. The molecule has 0 saturated heterocycles. The van der Waals surface area contributed by atoms with Gasteiger partial charge in [-0.25, -0.2) is 4.98 Å². The average Bonchev–Trinajstić information content (AvgIpc) is 2.81. The number of fused-ring (bicyclic) bond motifs is 1. The molecule has 3 unspecified atom stereocenters. The second kappa shape index (κ2) is 5.27. The summed E-state index contributed by atoms with van der Waals surface area (Å²) in [7, 11) is 0. The zero-order valence-electron chi connectivity index (χ0n) is 11.2. The van der Waals surface area contributed by atoms with Crippen LogP contribution in [0.5, 0.6) is 0 Å². The van der Waals surface area contributed by atoms with Crippen LogP contribution in [0.25, 0.3) is 0 Å². The highest BCUT2D eigenvalue weighted by atomic mass is 32.2. The van der Waals surface area contributed by atoms with Gasteiger partial charge in [-0.2, -0.15) is 0 Å². The van der Waals surface area contributed by atoms with Crippen LogP contribution in [-0.2, 0) is 0 Å². The van der Waals surface area contributed by atoms with Crippen molar-refractivity contribution in [2.24, 2.45) is 5.73 Å². The summed E-state index contributed by atoms with van der Waals surface area (Å²) in [5, 5.41) is 2.53. The van der Waals surface area contributed by atoms with Crippen LogP contribution in [0, 0.1) is 6.92 Å². The summed E-state index contributed by atoms with van der Waals surface area (Å²) in [6.45, 7) is 4.34. The smallest absolute Gasteiger partial charge is 0.150 e. The van der Waals surface area contributed by atoms with Gasteiger partial charge in [0.1, 0.15) is 4.34 Å². The van der Waals surface area contributed by atoms with Gasteiger partial charge in [0.05, 0.1) is 0 Å². The minimum Gasteiger partial charge on any atom is -0.323 e. The highest BCUT2D eigenvalue weighted by molar-refractivity contribution is 8.01. The molecule has 1 aliphatic carbocycles. The zero-order chi connectivity index (χ0) is 13.4. The van der Waals surface area contributed by atoms with Crippen LogP contribution < -0.4 is 5.73 Å². The van der Waals surface area contributed by atoms with Crippen molar-refractivity contribution in [2.45, 2.75) is 41.8 Å². The lowest BCUT2D eigenvalue weighted by atomic mass is 9.81. The fourth-order valence-electron chi connectivity index (χ4n) is 2.72. The molecule has 4 heteroatoms. The molecule has 0 spiro atoms. The minimum absolute atomic E-state index is 0.113. The lowest BCUT2D eigenvalue weighted by Gasteiger charge is -2.34. The van der Waals surface area contributed by atoms with Crippen molar-refractivity contribution in [1.82, 2.24) is 4.98 Å². The van der Waals surface area contributed by atoms with Crippen LogP contribution in [0.15, 0.2) is 34.0 Å². The van der Waals surface area contributed by atoms with E-state index in [2.05, 4.69) is 41.6 Å². The Bertz CT molecular complexity index is 579. The number of nitrogens with zero attached hydrogens (tertiary/aromatic N) is 1.